The van der Waals surface area contributed by atoms with E-state index < -0.39 is 5.97 Å². The van der Waals surface area contributed by atoms with Crippen molar-refractivity contribution < 1.29 is 19.4 Å². The summed E-state index contributed by atoms with van der Waals surface area (Å²) in [4.78, 5) is 24.7. The molecule has 0 bridgehead atoms. The van der Waals surface area contributed by atoms with Crippen molar-refractivity contribution in [2.45, 2.75) is 6.92 Å². The molecule has 0 heterocycles. The standard InChI is InChI=1S/C15H20N2O4/c1-4-7-17(8-9-21-3)15(20)16-13-10-12(14(18)19)6-5-11(13)2/h4-6,10H,1,7-9H2,2-3H3,(H,16,20)(H,18,19). The lowest BCUT2D eigenvalue weighted by Gasteiger charge is -2.22. The van der Waals surface area contributed by atoms with Crippen LogP contribution in [0.25, 0.3) is 0 Å². The molecule has 1 aromatic rings. The Morgan fingerprint density at radius 1 is 1.48 bits per heavy atom. The molecule has 0 aromatic heterocycles. The van der Waals surface area contributed by atoms with Crippen molar-refractivity contribution in [2.24, 2.45) is 0 Å². The number of carbonyl (C=O) groups is 2. The van der Waals surface area contributed by atoms with Crippen molar-refractivity contribution in [2.75, 3.05) is 32.1 Å². The molecule has 0 saturated heterocycles. The first-order valence-electron chi connectivity index (χ1n) is 6.49. The van der Waals surface area contributed by atoms with Crippen molar-refractivity contribution in [3.05, 3.63) is 42.0 Å². The van der Waals surface area contributed by atoms with Crippen molar-refractivity contribution in [3.63, 3.8) is 0 Å². The van der Waals surface area contributed by atoms with Gasteiger partial charge in [-0.1, -0.05) is 12.1 Å². The van der Waals surface area contributed by atoms with Gasteiger partial charge in [0.15, 0.2) is 0 Å². The van der Waals surface area contributed by atoms with E-state index in [9.17, 15) is 9.59 Å². The maximum atomic E-state index is 12.2. The summed E-state index contributed by atoms with van der Waals surface area (Å²) in [7, 11) is 1.56. The minimum Gasteiger partial charge on any atom is -0.478 e. The molecule has 0 spiro atoms. The molecule has 2 amide bonds. The Bertz CT molecular complexity index is 528. The Balaban J connectivity index is 2.86. The number of methoxy groups -OCH3 is 1. The monoisotopic (exact) mass is 292 g/mol. The number of ether oxygens (including phenoxy) is 1. The first-order valence-corrected chi connectivity index (χ1v) is 6.49. The quantitative estimate of drug-likeness (QED) is 0.756. The fourth-order valence-corrected chi connectivity index (χ4v) is 1.72. The van der Waals surface area contributed by atoms with Crippen LogP contribution in [-0.2, 0) is 4.74 Å². The third-order valence-corrected chi connectivity index (χ3v) is 2.93. The molecule has 0 fully saturated rings. The highest BCUT2D eigenvalue weighted by atomic mass is 16.5. The molecule has 6 heteroatoms. The fraction of sp³-hybridized carbons (Fsp3) is 0.333. The van der Waals surface area contributed by atoms with E-state index in [-0.39, 0.29) is 11.6 Å². The molecule has 1 rings (SSSR count). The summed E-state index contributed by atoms with van der Waals surface area (Å²) in [6.45, 7) is 6.63. The summed E-state index contributed by atoms with van der Waals surface area (Å²) >= 11 is 0. The Labute approximate surface area is 124 Å². The number of carboxylic acids is 1. The number of rotatable bonds is 7. The Hall–Kier alpha value is -2.34. The third-order valence-electron chi connectivity index (χ3n) is 2.93. The van der Waals surface area contributed by atoms with E-state index in [0.717, 1.165) is 5.56 Å². The molecule has 0 aliphatic heterocycles. The normalized spacial score (nSPS) is 10.0. The molecule has 6 nitrogen and oxygen atoms in total. The number of nitrogens with one attached hydrogen (secondary N) is 1. The molecule has 0 saturated carbocycles. The first-order chi connectivity index (χ1) is 9.99. The van der Waals surface area contributed by atoms with Gasteiger partial charge in [-0.25, -0.2) is 9.59 Å². The number of aromatic carboxylic acids is 1. The molecular formula is C15H20N2O4. The minimum atomic E-state index is -1.03. The van der Waals surface area contributed by atoms with Crippen molar-refractivity contribution in [1.82, 2.24) is 4.90 Å². The number of aryl methyl sites for hydroxylation is 1. The molecule has 0 radical (unpaired) electrons. The summed E-state index contributed by atoms with van der Waals surface area (Å²) in [5.74, 6) is -1.03. The van der Waals surface area contributed by atoms with E-state index in [0.29, 0.717) is 25.4 Å². The van der Waals surface area contributed by atoms with Crippen LogP contribution in [0.1, 0.15) is 15.9 Å². The Kier molecular flexibility index (Phi) is 6.42. The zero-order valence-corrected chi connectivity index (χ0v) is 12.3. The predicted molar refractivity (Wildman–Crippen MR) is 80.8 cm³/mol. The second kappa shape index (κ2) is 8.06. The maximum Gasteiger partial charge on any atom is 0.335 e. The van der Waals surface area contributed by atoms with Gasteiger partial charge in [0.05, 0.1) is 12.2 Å². The van der Waals surface area contributed by atoms with Crippen molar-refractivity contribution in [1.29, 1.82) is 0 Å². The second-order valence-corrected chi connectivity index (χ2v) is 4.49. The zero-order valence-electron chi connectivity index (χ0n) is 12.3. The van der Waals surface area contributed by atoms with E-state index in [1.807, 2.05) is 0 Å². The molecule has 2 N–H and O–H groups in total. The third kappa shape index (κ3) is 4.92. The maximum absolute atomic E-state index is 12.2. The van der Waals surface area contributed by atoms with Crippen LogP contribution in [0.3, 0.4) is 0 Å². The van der Waals surface area contributed by atoms with Gasteiger partial charge >= 0.3 is 12.0 Å². The number of hydrogen-bond acceptors (Lipinski definition) is 3. The van der Waals surface area contributed by atoms with E-state index in [1.54, 1.807) is 26.2 Å². The molecule has 0 aliphatic rings. The highest BCUT2D eigenvalue weighted by molar-refractivity contribution is 5.94. The van der Waals surface area contributed by atoms with Crippen LogP contribution < -0.4 is 5.32 Å². The number of nitrogens with zero attached hydrogens (tertiary/aromatic N) is 1. The summed E-state index contributed by atoms with van der Waals surface area (Å²) in [6, 6.07) is 4.28. The average Bonchev–Trinajstić information content (AvgIpc) is 2.45. The zero-order chi connectivity index (χ0) is 15.8. The number of carbonyl (C=O) groups excluding carboxylic acids is 1. The van der Waals surface area contributed by atoms with Crippen LogP contribution in [0.2, 0.25) is 0 Å². The first kappa shape index (κ1) is 16.7. The number of anilines is 1. The Morgan fingerprint density at radius 2 is 2.19 bits per heavy atom. The van der Waals surface area contributed by atoms with Crippen LogP contribution in [0.4, 0.5) is 10.5 Å². The van der Waals surface area contributed by atoms with Crippen LogP contribution in [0.5, 0.6) is 0 Å². The molecule has 21 heavy (non-hydrogen) atoms. The molecule has 0 aliphatic carbocycles. The van der Waals surface area contributed by atoms with E-state index in [1.165, 1.54) is 17.0 Å². The second-order valence-electron chi connectivity index (χ2n) is 4.49. The molecule has 1 aromatic carbocycles. The van der Waals surface area contributed by atoms with Crippen LogP contribution in [0, 0.1) is 6.92 Å². The van der Waals surface area contributed by atoms with Gasteiger partial charge in [-0.2, -0.15) is 0 Å². The molecule has 114 valence electrons. The van der Waals surface area contributed by atoms with Crippen molar-refractivity contribution >= 4 is 17.7 Å². The van der Waals surface area contributed by atoms with Gasteiger partial charge in [0.25, 0.3) is 0 Å². The highest BCUT2D eigenvalue weighted by Gasteiger charge is 2.14. The van der Waals surface area contributed by atoms with Gasteiger partial charge in [-0.05, 0) is 24.6 Å². The minimum absolute atomic E-state index is 0.128. The van der Waals surface area contributed by atoms with Gasteiger partial charge in [-0.15, -0.1) is 6.58 Å². The molecular weight excluding hydrogens is 272 g/mol. The number of urea groups is 1. The van der Waals surface area contributed by atoms with Crippen molar-refractivity contribution in [3.8, 4) is 0 Å². The fourth-order valence-electron chi connectivity index (χ4n) is 1.72. The van der Waals surface area contributed by atoms with Gasteiger partial charge in [0, 0.05) is 25.9 Å². The van der Waals surface area contributed by atoms with Crippen LogP contribution >= 0.6 is 0 Å². The van der Waals surface area contributed by atoms with Gasteiger partial charge in [0.1, 0.15) is 0 Å². The number of benzene rings is 1. The predicted octanol–water partition coefficient (Wildman–Crippen LogP) is 2.36. The van der Waals surface area contributed by atoms with E-state index in [4.69, 9.17) is 9.84 Å². The molecule has 0 atom stereocenters. The number of carboxylic acid groups (broad SMARTS) is 1. The lowest BCUT2D eigenvalue weighted by Crippen LogP contribution is -2.37. The van der Waals surface area contributed by atoms with Gasteiger partial charge < -0.3 is 20.1 Å². The lowest BCUT2D eigenvalue weighted by atomic mass is 10.1. The SMILES string of the molecule is C=CCN(CCOC)C(=O)Nc1cc(C(=O)O)ccc1C. The largest absolute Gasteiger partial charge is 0.478 e. The summed E-state index contributed by atoms with van der Waals surface area (Å²) < 4.78 is 4.96. The lowest BCUT2D eigenvalue weighted by molar-refractivity contribution is 0.0697. The van der Waals surface area contributed by atoms with Crippen LogP contribution in [0.15, 0.2) is 30.9 Å². The molecule has 0 unspecified atom stereocenters. The van der Waals surface area contributed by atoms with E-state index >= 15 is 0 Å². The Morgan fingerprint density at radius 3 is 2.76 bits per heavy atom. The summed E-state index contributed by atoms with van der Waals surface area (Å²) in [6.07, 6.45) is 1.62. The number of hydrogen-bond donors (Lipinski definition) is 2. The topological polar surface area (TPSA) is 78.9 Å². The number of amides is 2. The highest BCUT2D eigenvalue weighted by Crippen LogP contribution is 2.17. The summed E-state index contributed by atoms with van der Waals surface area (Å²) in [5, 5.41) is 11.7. The van der Waals surface area contributed by atoms with Gasteiger partial charge in [0.2, 0.25) is 0 Å². The van der Waals surface area contributed by atoms with Gasteiger partial charge in [-0.3, -0.25) is 0 Å². The summed E-state index contributed by atoms with van der Waals surface area (Å²) in [5.41, 5.74) is 1.40. The average molecular weight is 292 g/mol. The van der Waals surface area contributed by atoms with E-state index in [2.05, 4.69) is 11.9 Å². The van der Waals surface area contributed by atoms with Crippen LogP contribution in [-0.4, -0.2) is 48.8 Å². The smallest absolute Gasteiger partial charge is 0.335 e.